The number of hydrogen-bond donors (Lipinski definition) is 1. The summed E-state index contributed by atoms with van der Waals surface area (Å²) < 4.78 is 0. The Morgan fingerprint density at radius 1 is 1.50 bits per heavy atom. The summed E-state index contributed by atoms with van der Waals surface area (Å²) >= 11 is 0. The predicted molar refractivity (Wildman–Crippen MR) is 60.1 cm³/mol. The van der Waals surface area contributed by atoms with Crippen molar-refractivity contribution in [1.82, 2.24) is 20.1 Å². The number of hydrogen-bond acceptors (Lipinski definition) is 3. The normalized spacial score (nSPS) is 16.6. The van der Waals surface area contributed by atoms with Gasteiger partial charge in [-0.2, -0.15) is 0 Å². The molecule has 1 fully saturated rings. The lowest BCUT2D eigenvalue weighted by Crippen LogP contribution is -2.39. The summed E-state index contributed by atoms with van der Waals surface area (Å²) in [5.74, 6) is 0.941. The molecule has 5 heteroatoms. The first-order valence-electron chi connectivity index (χ1n) is 5.92. The van der Waals surface area contributed by atoms with Crippen LogP contribution in [0, 0.1) is 6.92 Å². The molecule has 0 unspecified atom stereocenters. The number of H-pyrrole nitrogens is 1. The molecule has 1 aromatic heterocycles. The van der Waals surface area contributed by atoms with Crippen LogP contribution in [0.3, 0.4) is 0 Å². The van der Waals surface area contributed by atoms with E-state index in [1.165, 1.54) is 12.8 Å². The third-order valence-corrected chi connectivity index (χ3v) is 3.16. The van der Waals surface area contributed by atoms with E-state index in [2.05, 4.69) is 15.2 Å². The number of aryl methyl sites for hydroxylation is 1. The van der Waals surface area contributed by atoms with Crippen molar-refractivity contribution in [1.29, 1.82) is 0 Å². The summed E-state index contributed by atoms with van der Waals surface area (Å²) in [7, 11) is 0. The zero-order valence-corrected chi connectivity index (χ0v) is 9.86. The van der Waals surface area contributed by atoms with Crippen molar-refractivity contribution in [2.45, 2.75) is 45.6 Å². The van der Waals surface area contributed by atoms with Gasteiger partial charge in [-0.1, -0.05) is 12.8 Å². The molecule has 0 spiro atoms. The van der Waals surface area contributed by atoms with E-state index in [4.69, 9.17) is 0 Å². The Morgan fingerprint density at radius 2 is 2.19 bits per heavy atom. The van der Waals surface area contributed by atoms with Crippen LogP contribution in [0.5, 0.6) is 0 Å². The van der Waals surface area contributed by atoms with E-state index in [1.54, 1.807) is 6.92 Å². The van der Waals surface area contributed by atoms with Gasteiger partial charge in [-0.15, -0.1) is 5.10 Å². The summed E-state index contributed by atoms with van der Waals surface area (Å²) in [6.07, 6.45) is 4.68. The van der Waals surface area contributed by atoms with Crippen LogP contribution in [-0.4, -0.2) is 38.6 Å². The number of aromatic amines is 1. The number of aromatic nitrogens is 3. The first-order chi connectivity index (χ1) is 7.72. The lowest BCUT2D eigenvalue weighted by atomic mass is 10.2. The number of carbonyl (C=O) groups excluding carboxylic acids is 1. The molecule has 0 saturated heterocycles. The smallest absolute Gasteiger partial charge is 0.293 e. The van der Waals surface area contributed by atoms with Gasteiger partial charge in [0, 0.05) is 12.6 Å². The number of nitrogens with zero attached hydrogens (tertiary/aromatic N) is 3. The molecule has 1 N–H and O–H groups in total. The van der Waals surface area contributed by atoms with Gasteiger partial charge in [0.25, 0.3) is 5.91 Å². The largest absolute Gasteiger partial charge is 0.333 e. The molecule has 2 rings (SSSR count). The van der Waals surface area contributed by atoms with Crippen LogP contribution in [0.2, 0.25) is 0 Å². The second-order valence-corrected chi connectivity index (χ2v) is 4.27. The van der Waals surface area contributed by atoms with Crippen LogP contribution in [-0.2, 0) is 0 Å². The van der Waals surface area contributed by atoms with Gasteiger partial charge in [0.1, 0.15) is 5.82 Å². The second-order valence-electron chi connectivity index (χ2n) is 4.27. The van der Waals surface area contributed by atoms with Crippen molar-refractivity contribution in [3.63, 3.8) is 0 Å². The van der Waals surface area contributed by atoms with E-state index in [0.717, 1.165) is 19.4 Å². The van der Waals surface area contributed by atoms with Crippen molar-refractivity contribution >= 4 is 5.91 Å². The van der Waals surface area contributed by atoms with Crippen molar-refractivity contribution in [2.75, 3.05) is 6.54 Å². The fraction of sp³-hybridized carbons (Fsp3) is 0.727. The molecule has 1 aliphatic carbocycles. The number of carbonyl (C=O) groups is 1. The maximum absolute atomic E-state index is 12.2. The quantitative estimate of drug-likeness (QED) is 0.843. The molecule has 1 aliphatic rings. The van der Waals surface area contributed by atoms with Gasteiger partial charge < -0.3 is 4.90 Å². The van der Waals surface area contributed by atoms with E-state index in [1.807, 2.05) is 11.8 Å². The Kier molecular flexibility index (Phi) is 3.22. The summed E-state index contributed by atoms with van der Waals surface area (Å²) in [6, 6.07) is 0.385. The van der Waals surface area contributed by atoms with Gasteiger partial charge in [-0.3, -0.25) is 9.89 Å². The minimum Gasteiger partial charge on any atom is -0.333 e. The second kappa shape index (κ2) is 4.63. The maximum atomic E-state index is 12.2. The summed E-state index contributed by atoms with van der Waals surface area (Å²) in [5, 5.41) is 6.64. The van der Waals surface area contributed by atoms with Crippen molar-refractivity contribution in [2.24, 2.45) is 0 Å². The Balaban J connectivity index is 2.11. The molecule has 1 amide bonds. The first-order valence-corrected chi connectivity index (χ1v) is 5.92. The van der Waals surface area contributed by atoms with Gasteiger partial charge in [0.05, 0.1) is 0 Å². The van der Waals surface area contributed by atoms with E-state index in [0.29, 0.717) is 17.7 Å². The molecule has 1 aromatic rings. The first kappa shape index (κ1) is 11.1. The lowest BCUT2D eigenvalue weighted by molar-refractivity contribution is 0.0681. The van der Waals surface area contributed by atoms with Crippen LogP contribution in [0.15, 0.2) is 0 Å². The van der Waals surface area contributed by atoms with E-state index in [9.17, 15) is 4.79 Å². The van der Waals surface area contributed by atoms with Crippen LogP contribution < -0.4 is 0 Å². The minimum atomic E-state index is -0.0428. The molecule has 1 heterocycles. The monoisotopic (exact) mass is 222 g/mol. The molecule has 5 nitrogen and oxygen atoms in total. The van der Waals surface area contributed by atoms with E-state index >= 15 is 0 Å². The van der Waals surface area contributed by atoms with Gasteiger partial charge in [0.2, 0.25) is 5.82 Å². The van der Waals surface area contributed by atoms with Gasteiger partial charge in [-0.25, -0.2) is 4.98 Å². The predicted octanol–water partition coefficient (Wildman–Crippen LogP) is 1.52. The zero-order valence-electron chi connectivity index (χ0n) is 9.86. The molecule has 0 aliphatic heterocycles. The van der Waals surface area contributed by atoms with Crippen molar-refractivity contribution < 1.29 is 4.79 Å². The topological polar surface area (TPSA) is 61.9 Å². The average molecular weight is 222 g/mol. The summed E-state index contributed by atoms with van der Waals surface area (Å²) in [6.45, 7) is 4.54. The number of rotatable bonds is 3. The van der Waals surface area contributed by atoms with Crippen LogP contribution >= 0.6 is 0 Å². The lowest BCUT2D eigenvalue weighted by Gasteiger charge is -2.26. The van der Waals surface area contributed by atoms with Crippen molar-refractivity contribution in [3.05, 3.63) is 11.6 Å². The minimum absolute atomic E-state index is 0.0428. The van der Waals surface area contributed by atoms with Crippen LogP contribution in [0.1, 0.15) is 49.1 Å². The van der Waals surface area contributed by atoms with Gasteiger partial charge >= 0.3 is 0 Å². The Hall–Kier alpha value is -1.39. The Labute approximate surface area is 95.2 Å². The van der Waals surface area contributed by atoms with E-state index < -0.39 is 0 Å². The zero-order chi connectivity index (χ0) is 11.5. The molecule has 0 aromatic carbocycles. The molecular weight excluding hydrogens is 204 g/mol. The average Bonchev–Trinajstić information content (AvgIpc) is 2.90. The molecule has 0 atom stereocenters. The summed E-state index contributed by atoms with van der Waals surface area (Å²) in [5.41, 5.74) is 0. The van der Waals surface area contributed by atoms with Crippen LogP contribution in [0.25, 0.3) is 0 Å². The fourth-order valence-electron chi connectivity index (χ4n) is 2.35. The highest BCUT2D eigenvalue weighted by Gasteiger charge is 2.27. The highest BCUT2D eigenvalue weighted by atomic mass is 16.2. The Morgan fingerprint density at radius 3 is 2.69 bits per heavy atom. The standard InChI is InChI=1S/C11H18N4O/c1-3-15(9-6-4-5-7-9)11(16)10-12-8(2)13-14-10/h9H,3-7H2,1-2H3,(H,12,13,14). The Bertz CT molecular complexity index is 368. The van der Waals surface area contributed by atoms with Crippen molar-refractivity contribution in [3.8, 4) is 0 Å². The van der Waals surface area contributed by atoms with Crippen LogP contribution in [0.4, 0.5) is 0 Å². The van der Waals surface area contributed by atoms with E-state index in [-0.39, 0.29) is 5.91 Å². The highest BCUT2D eigenvalue weighted by Crippen LogP contribution is 2.24. The molecule has 0 bridgehead atoms. The molecule has 1 saturated carbocycles. The molecule has 88 valence electrons. The summed E-state index contributed by atoms with van der Waals surface area (Å²) in [4.78, 5) is 18.1. The number of amides is 1. The molecular formula is C11H18N4O. The fourth-order valence-corrected chi connectivity index (χ4v) is 2.35. The van der Waals surface area contributed by atoms with Gasteiger partial charge in [-0.05, 0) is 26.7 Å². The SMILES string of the molecule is CCN(C(=O)c1n[nH]c(C)n1)C1CCCC1. The molecule has 0 radical (unpaired) electrons. The maximum Gasteiger partial charge on any atom is 0.293 e. The number of nitrogens with one attached hydrogen (secondary N) is 1. The molecule has 16 heavy (non-hydrogen) atoms. The van der Waals surface area contributed by atoms with Gasteiger partial charge in [0.15, 0.2) is 0 Å². The third kappa shape index (κ3) is 2.08. The third-order valence-electron chi connectivity index (χ3n) is 3.16. The highest BCUT2D eigenvalue weighted by molar-refractivity contribution is 5.90.